The second-order valence-electron chi connectivity index (χ2n) is 3.24. The Morgan fingerprint density at radius 1 is 1.62 bits per heavy atom. The van der Waals surface area contributed by atoms with Crippen LogP contribution in [0.3, 0.4) is 0 Å². The average Bonchev–Trinajstić information content (AvgIpc) is 2.36. The molecule has 1 aliphatic rings. The van der Waals surface area contributed by atoms with Gasteiger partial charge in [0.15, 0.2) is 5.75 Å². The number of rotatable bonds is 1. The summed E-state index contributed by atoms with van der Waals surface area (Å²) in [5.41, 5.74) is 1.54. The maximum absolute atomic E-state index is 11.4. The summed E-state index contributed by atoms with van der Waals surface area (Å²) in [6.45, 7) is 0.192. The van der Waals surface area contributed by atoms with E-state index in [2.05, 4.69) is 10.1 Å². The van der Waals surface area contributed by atoms with E-state index in [0.717, 1.165) is 6.26 Å². The van der Waals surface area contributed by atoms with Gasteiger partial charge >= 0.3 is 5.97 Å². The van der Waals surface area contributed by atoms with Crippen molar-refractivity contribution in [2.24, 2.45) is 0 Å². The molecule has 5 nitrogen and oxygen atoms in total. The van der Waals surface area contributed by atoms with Crippen LogP contribution in [0, 0.1) is 0 Å². The average molecular weight is 221 g/mol. The topological polar surface area (TPSA) is 67.8 Å². The number of hydrogen-bond donors (Lipinski definition) is 2. The zero-order chi connectivity index (χ0) is 11.5. The lowest BCUT2D eigenvalue weighted by Crippen LogP contribution is -2.18. The highest BCUT2D eigenvalue weighted by molar-refractivity contribution is 5.95. The normalized spacial score (nSPS) is 15.9. The van der Waals surface area contributed by atoms with Crippen LogP contribution in [0.4, 0.5) is 5.69 Å². The molecule has 0 spiro atoms. The third kappa shape index (κ3) is 1.67. The van der Waals surface area contributed by atoms with E-state index in [1.807, 2.05) is 0 Å². The van der Waals surface area contributed by atoms with Crippen LogP contribution in [0.25, 0.3) is 0 Å². The summed E-state index contributed by atoms with van der Waals surface area (Å²) in [5.74, 6) is -0.00460. The summed E-state index contributed by atoms with van der Waals surface area (Å²) in [7, 11) is 1.32. The van der Waals surface area contributed by atoms with Gasteiger partial charge in [0.1, 0.15) is 18.4 Å². The second kappa shape index (κ2) is 4.14. The highest BCUT2D eigenvalue weighted by atomic mass is 16.5. The smallest absolute Gasteiger partial charge is 0.341 e. The van der Waals surface area contributed by atoms with Gasteiger partial charge in [0.25, 0.3) is 0 Å². The molecule has 0 radical (unpaired) electrons. The third-order valence-electron chi connectivity index (χ3n) is 2.24. The van der Waals surface area contributed by atoms with E-state index < -0.39 is 5.97 Å². The monoisotopic (exact) mass is 221 g/mol. The Morgan fingerprint density at radius 3 is 3.12 bits per heavy atom. The van der Waals surface area contributed by atoms with E-state index in [0.29, 0.717) is 22.7 Å². The second-order valence-corrected chi connectivity index (χ2v) is 3.24. The minimum Gasteiger partial charge on any atom is -0.514 e. The van der Waals surface area contributed by atoms with Crippen molar-refractivity contribution in [1.82, 2.24) is 0 Å². The molecule has 2 N–H and O–H groups in total. The minimum absolute atomic E-state index is 0.192. The first-order valence-electron chi connectivity index (χ1n) is 4.70. The minimum atomic E-state index is -0.449. The van der Waals surface area contributed by atoms with E-state index in [-0.39, 0.29) is 6.61 Å². The number of para-hydroxylation sites is 1. The fourth-order valence-electron chi connectivity index (χ4n) is 1.49. The van der Waals surface area contributed by atoms with E-state index in [9.17, 15) is 4.79 Å². The molecule has 0 amide bonds. The maximum Gasteiger partial charge on any atom is 0.341 e. The summed E-state index contributed by atoms with van der Waals surface area (Å²) in [6.07, 6.45) is 0.938. The van der Waals surface area contributed by atoms with E-state index in [1.165, 1.54) is 7.11 Å². The molecule has 84 valence electrons. The van der Waals surface area contributed by atoms with Crippen molar-refractivity contribution in [3.05, 3.63) is 35.7 Å². The van der Waals surface area contributed by atoms with Crippen LogP contribution in [0.2, 0.25) is 0 Å². The quantitative estimate of drug-likeness (QED) is 0.557. The highest BCUT2D eigenvalue weighted by Crippen LogP contribution is 2.33. The van der Waals surface area contributed by atoms with Gasteiger partial charge in [-0.25, -0.2) is 4.79 Å². The summed E-state index contributed by atoms with van der Waals surface area (Å²) >= 11 is 0. The van der Waals surface area contributed by atoms with E-state index in [1.54, 1.807) is 18.2 Å². The van der Waals surface area contributed by atoms with Gasteiger partial charge in [-0.3, -0.25) is 0 Å². The number of carbonyl (C=O) groups is 1. The van der Waals surface area contributed by atoms with Gasteiger partial charge in [-0.1, -0.05) is 6.07 Å². The number of benzene rings is 1. The molecule has 1 aromatic rings. The number of esters is 1. The number of methoxy groups -OCH3 is 1. The third-order valence-corrected chi connectivity index (χ3v) is 2.24. The first kappa shape index (κ1) is 10.4. The number of anilines is 1. The van der Waals surface area contributed by atoms with Crippen LogP contribution < -0.4 is 10.1 Å². The largest absolute Gasteiger partial charge is 0.514 e. The molecule has 0 aromatic heterocycles. The predicted octanol–water partition coefficient (Wildman–Crippen LogP) is 1.68. The fourth-order valence-corrected chi connectivity index (χ4v) is 1.49. The van der Waals surface area contributed by atoms with Gasteiger partial charge in [-0.05, 0) is 12.1 Å². The van der Waals surface area contributed by atoms with Crippen LogP contribution in [0.5, 0.6) is 5.75 Å². The molecule has 0 aliphatic carbocycles. The molecule has 0 bridgehead atoms. The Balaban J connectivity index is 2.42. The number of nitrogens with one attached hydrogen (secondary N) is 1. The van der Waals surface area contributed by atoms with Crippen molar-refractivity contribution in [3.8, 4) is 5.75 Å². The van der Waals surface area contributed by atoms with Crippen molar-refractivity contribution in [1.29, 1.82) is 0 Å². The highest BCUT2D eigenvalue weighted by Gasteiger charge is 2.21. The van der Waals surface area contributed by atoms with Crippen LogP contribution >= 0.6 is 0 Å². The van der Waals surface area contributed by atoms with Crippen molar-refractivity contribution < 1.29 is 19.4 Å². The van der Waals surface area contributed by atoms with Gasteiger partial charge in [-0.15, -0.1) is 0 Å². The summed E-state index contributed by atoms with van der Waals surface area (Å²) < 4.78 is 10.0. The van der Waals surface area contributed by atoms with Gasteiger partial charge in [-0.2, -0.15) is 0 Å². The van der Waals surface area contributed by atoms with Crippen LogP contribution in [-0.2, 0) is 4.74 Å². The molecule has 0 saturated heterocycles. The molecular weight excluding hydrogens is 210 g/mol. The van der Waals surface area contributed by atoms with Crippen molar-refractivity contribution in [2.75, 3.05) is 19.0 Å². The lowest BCUT2D eigenvalue weighted by molar-refractivity contribution is 0.0596. The number of aliphatic hydroxyl groups is 1. The fraction of sp³-hybridized carbons (Fsp3) is 0.182. The number of hydrogen-bond acceptors (Lipinski definition) is 5. The van der Waals surface area contributed by atoms with Crippen molar-refractivity contribution in [3.63, 3.8) is 0 Å². The first-order chi connectivity index (χ1) is 7.76. The van der Waals surface area contributed by atoms with Crippen LogP contribution in [-0.4, -0.2) is 24.8 Å². The van der Waals surface area contributed by atoms with Crippen LogP contribution in [0.15, 0.2) is 30.2 Å². The summed E-state index contributed by atoms with van der Waals surface area (Å²) in [4.78, 5) is 11.4. The van der Waals surface area contributed by atoms with Gasteiger partial charge in [0, 0.05) is 0 Å². The standard InChI is InChI=1S/C11H11NO4/c1-15-11(14)8-3-2-4-9-10(8)16-6-7(5-13)12-9/h2-5,12-13H,6H2,1H3/b7-5-. The van der Waals surface area contributed by atoms with E-state index in [4.69, 9.17) is 9.84 Å². The summed E-state index contributed by atoms with van der Waals surface area (Å²) in [5, 5.41) is 11.8. The zero-order valence-corrected chi connectivity index (χ0v) is 8.69. The summed E-state index contributed by atoms with van der Waals surface area (Å²) in [6, 6.07) is 5.09. The Morgan fingerprint density at radius 2 is 2.44 bits per heavy atom. The Kier molecular flexibility index (Phi) is 2.68. The molecule has 0 fully saturated rings. The number of aliphatic hydroxyl groups excluding tert-OH is 1. The van der Waals surface area contributed by atoms with Gasteiger partial charge < -0.3 is 19.9 Å². The number of fused-ring (bicyclic) bond motifs is 1. The molecule has 1 aliphatic heterocycles. The molecule has 5 heteroatoms. The number of ether oxygens (including phenoxy) is 2. The molecule has 16 heavy (non-hydrogen) atoms. The Bertz CT molecular complexity index is 453. The van der Waals surface area contributed by atoms with Crippen LogP contribution in [0.1, 0.15) is 10.4 Å². The zero-order valence-electron chi connectivity index (χ0n) is 8.69. The molecule has 0 atom stereocenters. The van der Waals surface area contributed by atoms with Gasteiger partial charge in [0.2, 0.25) is 0 Å². The Hall–Kier alpha value is -2.17. The first-order valence-corrected chi connectivity index (χ1v) is 4.70. The van der Waals surface area contributed by atoms with Gasteiger partial charge in [0.05, 0.1) is 18.5 Å². The van der Waals surface area contributed by atoms with Crippen molar-refractivity contribution >= 4 is 11.7 Å². The molecular formula is C11H11NO4. The van der Waals surface area contributed by atoms with Crippen molar-refractivity contribution in [2.45, 2.75) is 0 Å². The molecule has 0 unspecified atom stereocenters. The molecule has 1 aromatic carbocycles. The lowest BCUT2D eigenvalue weighted by atomic mass is 10.1. The molecule has 2 rings (SSSR count). The Labute approximate surface area is 92.3 Å². The lowest BCUT2D eigenvalue weighted by Gasteiger charge is -2.22. The maximum atomic E-state index is 11.4. The molecule has 1 heterocycles. The predicted molar refractivity (Wildman–Crippen MR) is 57.6 cm³/mol. The number of carbonyl (C=O) groups excluding carboxylic acids is 1. The van der Waals surface area contributed by atoms with E-state index >= 15 is 0 Å². The molecule has 0 saturated carbocycles. The SMILES string of the molecule is COC(=O)c1cccc2c1OC/C(=C/O)N2.